The number of carbonyl (C=O) groups is 1. The summed E-state index contributed by atoms with van der Waals surface area (Å²) >= 11 is 0. The van der Waals surface area contributed by atoms with Crippen molar-refractivity contribution in [3.05, 3.63) is 48.0 Å². The molecule has 4 heteroatoms. The molecule has 0 aliphatic heterocycles. The molecule has 0 saturated heterocycles. The van der Waals surface area contributed by atoms with E-state index < -0.39 is 0 Å². The highest BCUT2D eigenvalue weighted by molar-refractivity contribution is 5.85. The molecule has 0 aromatic heterocycles. The third-order valence-corrected chi connectivity index (χ3v) is 3.40. The average Bonchev–Trinajstić information content (AvgIpc) is 2.47. The fraction of sp³-hybridized carbons (Fsp3) is 0.353. The Labute approximate surface area is 125 Å². The van der Waals surface area contributed by atoms with Crippen molar-refractivity contribution in [3.63, 3.8) is 0 Å². The van der Waals surface area contributed by atoms with Gasteiger partial charge >= 0.3 is 0 Å². The van der Waals surface area contributed by atoms with Gasteiger partial charge in [-0.25, -0.2) is 0 Å². The van der Waals surface area contributed by atoms with Crippen molar-refractivity contribution in [1.29, 1.82) is 0 Å². The Hall–Kier alpha value is -1.91. The van der Waals surface area contributed by atoms with Crippen LogP contribution in [0.15, 0.2) is 42.5 Å². The molecule has 0 radical (unpaired) electrons. The van der Waals surface area contributed by atoms with Gasteiger partial charge in [-0.15, -0.1) is 0 Å². The van der Waals surface area contributed by atoms with E-state index in [1.165, 1.54) is 5.39 Å². The van der Waals surface area contributed by atoms with Crippen molar-refractivity contribution in [2.45, 2.75) is 18.9 Å². The summed E-state index contributed by atoms with van der Waals surface area (Å²) in [7, 11) is 1.62. The number of rotatable bonds is 7. The van der Waals surface area contributed by atoms with Gasteiger partial charge in [0, 0.05) is 19.7 Å². The molecular weight excluding hydrogens is 264 g/mol. The third-order valence-electron chi connectivity index (χ3n) is 3.40. The summed E-state index contributed by atoms with van der Waals surface area (Å²) in [5, 5.41) is 5.24. The minimum atomic E-state index is -0.0315. The zero-order chi connectivity index (χ0) is 15.1. The van der Waals surface area contributed by atoms with Crippen LogP contribution < -0.4 is 11.1 Å². The Balaban J connectivity index is 1.83. The molecule has 2 aromatic carbocycles. The number of carbonyl (C=O) groups excluding carboxylic acids is 1. The van der Waals surface area contributed by atoms with Crippen LogP contribution in [0.5, 0.6) is 0 Å². The van der Waals surface area contributed by atoms with E-state index in [4.69, 9.17) is 10.5 Å². The van der Waals surface area contributed by atoms with E-state index in [-0.39, 0.29) is 11.9 Å². The quantitative estimate of drug-likeness (QED) is 0.816. The van der Waals surface area contributed by atoms with Crippen LogP contribution in [0.25, 0.3) is 10.8 Å². The largest absolute Gasteiger partial charge is 0.383 e. The molecule has 0 aliphatic rings. The summed E-state index contributed by atoms with van der Waals surface area (Å²) in [5.41, 5.74) is 6.83. The average molecular weight is 286 g/mol. The second-order valence-corrected chi connectivity index (χ2v) is 5.21. The van der Waals surface area contributed by atoms with Crippen LogP contribution in [0.3, 0.4) is 0 Å². The summed E-state index contributed by atoms with van der Waals surface area (Å²) in [5.74, 6) is 0.0231. The number of hydrogen-bond donors (Lipinski definition) is 2. The van der Waals surface area contributed by atoms with Crippen LogP contribution in [0, 0.1) is 0 Å². The molecule has 3 N–H and O–H groups in total. The molecule has 0 spiro atoms. The summed E-state index contributed by atoms with van der Waals surface area (Å²) < 4.78 is 4.96. The normalized spacial score (nSPS) is 12.3. The maximum Gasteiger partial charge on any atom is 0.224 e. The van der Waals surface area contributed by atoms with Gasteiger partial charge in [0.15, 0.2) is 0 Å². The van der Waals surface area contributed by atoms with Gasteiger partial charge in [-0.2, -0.15) is 0 Å². The van der Waals surface area contributed by atoms with E-state index in [9.17, 15) is 4.79 Å². The Morgan fingerprint density at radius 3 is 2.76 bits per heavy atom. The molecule has 112 valence electrons. The van der Waals surface area contributed by atoms with Crippen LogP contribution >= 0.6 is 0 Å². The maximum absolute atomic E-state index is 11.9. The van der Waals surface area contributed by atoms with Gasteiger partial charge in [0.1, 0.15) is 0 Å². The lowest BCUT2D eigenvalue weighted by Gasteiger charge is -2.11. The molecule has 0 aliphatic carbocycles. The van der Waals surface area contributed by atoms with Crippen LogP contribution in [-0.2, 0) is 16.0 Å². The SMILES string of the molecule is COCC(N)CCNC(=O)Cc1ccc2ccccc2c1. The van der Waals surface area contributed by atoms with Crippen molar-refractivity contribution in [2.24, 2.45) is 5.73 Å². The lowest BCUT2D eigenvalue weighted by atomic mass is 10.0. The van der Waals surface area contributed by atoms with E-state index in [0.717, 1.165) is 17.4 Å². The first-order valence-corrected chi connectivity index (χ1v) is 7.18. The molecule has 0 bridgehead atoms. The number of hydrogen-bond acceptors (Lipinski definition) is 3. The predicted molar refractivity (Wildman–Crippen MR) is 85.1 cm³/mol. The fourth-order valence-electron chi connectivity index (χ4n) is 2.29. The number of benzene rings is 2. The Morgan fingerprint density at radius 1 is 1.24 bits per heavy atom. The standard InChI is InChI=1S/C17H22N2O2/c1-21-12-16(18)8-9-19-17(20)11-13-6-7-14-4-2-3-5-15(14)10-13/h2-7,10,16H,8-9,11-12,18H2,1H3,(H,19,20). The molecule has 2 rings (SSSR count). The minimum absolute atomic E-state index is 0.0231. The highest BCUT2D eigenvalue weighted by Gasteiger charge is 2.06. The van der Waals surface area contributed by atoms with Crippen molar-refractivity contribution in [1.82, 2.24) is 5.32 Å². The summed E-state index contributed by atoms with van der Waals surface area (Å²) in [6, 6.07) is 14.2. The fourth-order valence-corrected chi connectivity index (χ4v) is 2.29. The highest BCUT2D eigenvalue weighted by atomic mass is 16.5. The van der Waals surface area contributed by atoms with E-state index in [2.05, 4.69) is 23.5 Å². The number of nitrogens with one attached hydrogen (secondary N) is 1. The molecule has 4 nitrogen and oxygen atoms in total. The van der Waals surface area contributed by atoms with E-state index in [0.29, 0.717) is 19.6 Å². The molecular formula is C17H22N2O2. The lowest BCUT2D eigenvalue weighted by Crippen LogP contribution is -2.33. The number of ether oxygens (including phenoxy) is 1. The summed E-state index contributed by atoms with van der Waals surface area (Å²) in [6.45, 7) is 1.09. The van der Waals surface area contributed by atoms with Gasteiger partial charge in [-0.3, -0.25) is 4.79 Å². The number of nitrogens with two attached hydrogens (primary N) is 1. The van der Waals surface area contributed by atoms with Crippen LogP contribution in [-0.4, -0.2) is 32.2 Å². The van der Waals surface area contributed by atoms with Crippen molar-refractivity contribution in [3.8, 4) is 0 Å². The molecule has 1 amide bonds. The molecule has 2 aromatic rings. The smallest absolute Gasteiger partial charge is 0.224 e. The first-order valence-electron chi connectivity index (χ1n) is 7.18. The number of fused-ring (bicyclic) bond motifs is 1. The third kappa shape index (κ3) is 4.85. The zero-order valence-corrected chi connectivity index (χ0v) is 12.3. The van der Waals surface area contributed by atoms with Crippen molar-refractivity contribution < 1.29 is 9.53 Å². The van der Waals surface area contributed by atoms with E-state index in [1.54, 1.807) is 7.11 Å². The van der Waals surface area contributed by atoms with Gasteiger partial charge in [0.05, 0.1) is 13.0 Å². The van der Waals surface area contributed by atoms with Gasteiger partial charge in [-0.05, 0) is 22.8 Å². The minimum Gasteiger partial charge on any atom is -0.383 e. The molecule has 0 heterocycles. The highest BCUT2D eigenvalue weighted by Crippen LogP contribution is 2.15. The molecule has 21 heavy (non-hydrogen) atoms. The Bertz CT molecular complexity index is 598. The topological polar surface area (TPSA) is 64.3 Å². The van der Waals surface area contributed by atoms with E-state index >= 15 is 0 Å². The molecule has 1 atom stereocenters. The van der Waals surface area contributed by atoms with Crippen molar-refractivity contribution >= 4 is 16.7 Å². The summed E-state index contributed by atoms with van der Waals surface area (Å²) in [6.07, 6.45) is 1.11. The zero-order valence-electron chi connectivity index (χ0n) is 12.3. The molecule has 0 fully saturated rings. The number of amides is 1. The Morgan fingerprint density at radius 2 is 2.00 bits per heavy atom. The van der Waals surface area contributed by atoms with Crippen LogP contribution in [0.1, 0.15) is 12.0 Å². The van der Waals surface area contributed by atoms with Gasteiger partial charge in [-0.1, -0.05) is 42.5 Å². The Kier molecular flexibility index (Phi) is 5.72. The van der Waals surface area contributed by atoms with Gasteiger partial charge in [0.25, 0.3) is 0 Å². The number of methoxy groups -OCH3 is 1. The van der Waals surface area contributed by atoms with Gasteiger partial charge < -0.3 is 15.8 Å². The predicted octanol–water partition coefficient (Wildman–Crippen LogP) is 1.86. The lowest BCUT2D eigenvalue weighted by molar-refractivity contribution is -0.120. The van der Waals surface area contributed by atoms with Crippen LogP contribution in [0.2, 0.25) is 0 Å². The first kappa shape index (κ1) is 15.5. The van der Waals surface area contributed by atoms with E-state index in [1.807, 2.05) is 24.3 Å². The van der Waals surface area contributed by atoms with Gasteiger partial charge in [0.2, 0.25) is 5.91 Å². The van der Waals surface area contributed by atoms with Crippen LogP contribution in [0.4, 0.5) is 0 Å². The maximum atomic E-state index is 11.9. The summed E-state index contributed by atoms with van der Waals surface area (Å²) in [4.78, 5) is 11.9. The first-order chi connectivity index (χ1) is 10.2. The molecule has 0 saturated carbocycles. The second-order valence-electron chi connectivity index (χ2n) is 5.21. The monoisotopic (exact) mass is 286 g/mol. The second kappa shape index (κ2) is 7.76. The van der Waals surface area contributed by atoms with Crippen molar-refractivity contribution in [2.75, 3.05) is 20.3 Å². The molecule has 1 unspecified atom stereocenters.